The Hall–Kier alpha value is -1.54. The van der Waals surface area contributed by atoms with Crippen LogP contribution in [0.4, 0.5) is 0 Å². The van der Waals surface area contributed by atoms with Crippen LogP contribution >= 0.6 is 0 Å². The summed E-state index contributed by atoms with van der Waals surface area (Å²) < 4.78 is 5.36. The van der Waals surface area contributed by atoms with Crippen LogP contribution in [0.1, 0.15) is 54.9 Å². The summed E-state index contributed by atoms with van der Waals surface area (Å²) in [5.41, 5.74) is 4.81. The van der Waals surface area contributed by atoms with E-state index >= 15 is 0 Å². The second-order valence-electron chi connectivity index (χ2n) is 4.81. The molecule has 1 aromatic heterocycles. The quantitative estimate of drug-likeness (QED) is 0.877. The Kier molecular flexibility index (Phi) is 4.43. The van der Waals surface area contributed by atoms with Crippen LogP contribution in [0.15, 0.2) is 34.9 Å². The number of aryl methyl sites for hydroxylation is 3. The van der Waals surface area contributed by atoms with Crippen molar-refractivity contribution in [3.8, 4) is 0 Å². The van der Waals surface area contributed by atoms with Crippen molar-refractivity contribution in [2.75, 3.05) is 0 Å². The van der Waals surface area contributed by atoms with Gasteiger partial charge in [-0.2, -0.15) is 0 Å². The van der Waals surface area contributed by atoms with E-state index < -0.39 is 6.10 Å². The molecule has 19 heavy (non-hydrogen) atoms. The van der Waals surface area contributed by atoms with Crippen molar-refractivity contribution >= 4 is 0 Å². The molecule has 2 rings (SSSR count). The second kappa shape index (κ2) is 6.07. The molecular formula is C17H22O2. The van der Waals surface area contributed by atoms with E-state index in [1.165, 1.54) is 16.7 Å². The lowest BCUT2D eigenvalue weighted by atomic mass is 9.89. The maximum atomic E-state index is 10.6. The van der Waals surface area contributed by atoms with Crippen molar-refractivity contribution in [2.24, 2.45) is 0 Å². The highest BCUT2D eigenvalue weighted by Gasteiger charge is 2.20. The molecule has 0 spiro atoms. The molecule has 2 aromatic rings. The molecule has 0 radical (unpaired) electrons. The molecule has 0 fully saturated rings. The molecule has 0 bridgehead atoms. The molecule has 0 aliphatic heterocycles. The normalized spacial score (nSPS) is 12.6. The molecule has 1 unspecified atom stereocenters. The van der Waals surface area contributed by atoms with Gasteiger partial charge in [0.15, 0.2) is 0 Å². The number of hydrogen-bond donors (Lipinski definition) is 1. The van der Waals surface area contributed by atoms with Gasteiger partial charge in [-0.1, -0.05) is 32.9 Å². The average Bonchev–Trinajstić information content (AvgIpc) is 2.99. The van der Waals surface area contributed by atoms with Crippen LogP contribution in [0, 0.1) is 0 Å². The third-order valence-corrected chi connectivity index (χ3v) is 3.67. The van der Waals surface area contributed by atoms with Crippen molar-refractivity contribution in [3.05, 3.63) is 58.5 Å². The first-order valence-electron chi connectivity index (χ1n) is 7.07. The zero-order valence-corrected chi connectivity index (χ0v) is 11.9. The van der Waals surface area contributed by atoms with E-state index in [1.807, 2.05) is 12.1 Å². The van der Waals surface area contributed by atoms with Crippen LogP contribution in [0.25, 0.3) is 0 Å². The van der Waals surface area contributed by atoms with Gasteiger partial charge in [0, 0.05) is 0 Å². The predicted octanol–water partition coefficient (Wildman–Crippen LogP) is 4.05. The van der Waals surface area contributed by atoms with Crippen molar-refractivity contribution in [3.63, 3.8) is 0 Å². The topological polar surface area (TPSA) is 33.4 Å². The minimum Gasteiger partial charge on any atom is -0.466 e. The minimum absolute atomic E-state index is 0.619. The van der Waals surface area contributed by atoms with Gasteiger partial charge >= 0.3 is 0 Å². The molecule has 0 amide bonds. The first-order chi connectivity index (χ1) is 9.21. The number of benzene rings is 1. The Labute approximate surface area is 115 Å². The Morgan fingerprint density at radius 3 is 2.11 bits per heavy atom. The molecule has 102 valence electrons. The molecular weight excluding hydrogens is 236 g/mol. The van der Waals surface area contributed by atoms with Gasteiger partial charge in [-0.25, -0.2) is 0 Å². The number of rotatable bonds is 5. The fraction of sp³-hybridized carbons (Fsp3) is 0.412. The Balaban J connectivity index is 2.54. The van der Waals surface area contributed by atoms with Crippen LogP contribution in [0.5, 0.6) is 0 Å². The summed E-state index contributed by atoms with van der Waals surface area (Å²) >= 11 is 0. The molecule has 0 aliphatic rings. The first kappa shape index (κ1) is 13.9. The van der Waals surface area contributed by atoms with Gasteiger partial charge in [0.05, 0.1) is 6.26 Å². The standard InChI is InChI=1S/C17H22O2/c1-4-12-10-13(5-2)16(14(6-3)11-12)17(18)15-8-7-9-19-15/h7-11,17-18H,4-6H2,1-3H3. The van der Waals surface area contributed by atoms with E-state index in [9.17, 15) is 5.11 Å². The highest BCUT2D eigenvalue weighted by molar-refractivity contribution is 5.43. The van der Waals surface area contributed by atoms with Gasteiger partial charge in [0.25, 0.3) is 0 Å². The van der Waals surface area contributed by atoms with Crippen molar-refractivity contribution in [1.82, 2.24) is 0 Å². The number of furan rings is 1. The lowest BCUT2D eigenvalue weighted by Crippen LogP contribution is -2.08. The number of aliphatic hydroxyl groups excluding tert-OH is 1. The van der Waals surface area contributed by atoms with Gasteiger partial charge in [-0.3, -0.25) is 0 Å². The Morgan fingerprint density at radius 1 is 1.05 bits per heavy atom. The number of aliphatic hydroxyl groups is 1. The third kappa shape index (κ3) is 2.74. The van der Waals surface area contributed by atoms with E-state index in [0.29, 0.717) is 5.76 Å². The van der Waals surface area contributed by atoms with Crippen LogP contribution in [0.2, 0.25) is 0 Å². The SMILES string of the molecule is CCc1cc(CC)c(C(O)c2ccco2)c(CC)c1. The zero-order chi connectivity index (χ0) is 13.8. The van der Waals surface area contributed by atoms with Crippen LogP contribution < -0.4 is 0 Å². The largest absolute Gasteiger partial charge is 0.466 e. The summed E-state index contributed by atoms with van der Waals surface area (Å²) in [4.78, 5) is 0. The fourth-order valence-electron chi connectivity index (χ4n) is 2.58. The maximum Gasteiger partial charge on any atom is 0.137 e. The van der Waals surface area contributed by atoms with E-state index in [4.69, 9.17) is 4.42 Å². The summed E-state index contributed by atoms with van der Waals surface area (Å²) in [6.45, 7) is 6.43. The van der Waals surface area contributed by atoms with Crippen molar-refractivity contribution in [1.29, 1.82) is 0 Å². The average molecular weight is 258 g/mol. The number of hydrogen-bond acceptors (Lipinski definition) is 2. The summed E-state index contributed by atoms with van der Waals surface area (Å²) in [6.07, 6.45) is 3.82. The van der Waals surface area contributed by atoms with E-state index in [2.05, 4.69) is 32.9 Å². The predicted molar refractivity (Wildman–Crippen MR) is 77.3 cm³/mol. The van der Waals surface area contributed by atoms with Gasteiger partial charge in [-0.15, -0.1) is 0 Å². The molecule has 0 saturated heterocycles. The van der Waals surface area contributed by atoms with Gasteiger partial charge in [-0.05, 0) is 53.6 Å². The van der Waals surface area contributed by atoms with Gasteiger partial charge < -0.3 is 9.52 Å². The summed E-state index contributed by atoms with van der Waals surface area (Å²) in [5.74, 6) is 0.619. The minimum atomic E-state index is -0.661. The third-order valence-electron chi connectivity index (χ3n) is 3.67. The van der Waals surface area contributed by atoms with E-state index in [0.717, 1.165) is 24.8 Å². The fourth-order valence-corrected chi connectivity index (χ4v) is 2.58. The second-order valence-corrected chi connectivity index (χ2v) is 4.81. The van der Waals surface area contributed by atoms with Crippen LogP contribution in [-0.2, 0) is 19.3 Å². The van der Waals surface area contributed by atoms with E-state index in [1.54, 1.807) is 6.26 Å². The smallest absolute Gasteiger partial charge is 0.137 e. The maximum absolute atomic E-state index is 10.6. The molecule has 1 N–H and O–H groups in total. The van der Waals surface area contributed by atoms with Gasteiger partial charge in [0.1, 0.15) is 11.9 Å². The lowest BCUT2D eigenvalue weighted by molar-refractivity contribution is 0.187. The summed E-state index contributed by atoms with van der Waals surface area (Å²) in [5, 5.41) is 10.6. The van der Waals surface area contributed by atoms with E-state index in [-0.39, 0.29) is 0 Å². The molecule has 1 atom stereocenters. The molecule has 2 heteroatoms. The monoisotopic (exact) mass is 258 g/mol. The van der Waals surface area contributed by atoms with Crippen molar-refractivity contribution < 1.29 is 9.52 Å². The summed E-state index contributed by atoms with van der Waals surface area (Å²) in [7, 11) is 0. The Morgan fingerprint density at radius 2 is 1.68 bits per heavy atom. The lowest BCUT2D eigenvalue weighted by Gasteiger charge is -2.19. The molecule has 1 heterocycles. The highest BCUT2D eigenvalue weighted by atomic mass is 16.4. The Bertz CT molecular complexity index is 501. The van der Waals surface area contributed by atoms with Crippen LogP contribution in [0.3, 0.4) is 0 Å². The molecule has 2 nitrogen and oxygen atoms in total. The van der Waals surface area contributed by atoms with Crippen molar-refractivity contribution in [2.45, 2.75) is 46.1 Å². The summed E-state index contributed by atoms with van der Waals surface area (Å²) in [6, 6.07) is 8.06. The molecule has 1 aromatic carbocycles. The van der Waals surface area contributed by atoms with Crippen LogP contribution in [-0.4, -0.2) is 5.11 Å². The molecule has 0 aliphatic carbocycles. The highest BCUT2D eigenvalue weighted by Crippen LogP contribution is 2.30. The van der Waals surface area contributed by atoms with Gasteiger partial charge in [0.2, 0.25) is 0 Å². The molecule has 0 saturated carbocycles. The first-order valence-corrected chi connectivity index (χ1v) is 7.07. The zero-order valence-electron chi connectivity index (χ0n) is 11.9.